The summed E-state index contributed by atoms with van der Waals surface area (Å²) in [7, 11) is -11.9. The zero-order chi connectivity index (χ0) is 36.8. The summed E-state index contributed by atoms with van der Waals surface area (Å²) in [5.74, 6) is 0. The van der Waals surface area contributed by atoms with Crippen LogP contribution in [0.15, 0.2) is 191 Å². The molecule has 1 heterocycles. The maximum Gasteiger partial charge on any atom is 0.161 e. The van der Waals surface area contributed by atoms with Gasteiger partial charge >= 0.3 is 82.9 Å². The summed E-state index contributed by atoms with van der Waals surface area (Å²) in [6.07, 6.45) is 0. The van der Waals surface area contributed by atoms with E-state index in [2.05, 4.69) is 20.8 Å². The van der Waals surface area contributed by atoms with Gasteiger partial charge in [0.25, 0.3) is 0 Å². The first-order valence-corrected chi connectivity index (χ1v) is 52.4. The third-order valence-corrected chi connectivity index (χ3v) is 84.1. The Hall–Kier alpha value is -1.15. The molecule has 0 atom stereocenters. The molecule has 0 spiro atoms. The van der Waals surface area contributed by atoms with Crippen LogP contribution in [0.5, 0.6) is 0 Å². The van der Waals surface area contributed by atoms with Gasteiger partial charge in [0, 0.05) is 31.8 Å². The molecule has 0 saturated heterocycles. The van der Waals surface area contributed by atoms with Gasteiger partial charge < -0.3 is 13.7 Å². The van der Waals surface area contributed by atoms with Gasteiger partial charge in [-0.3, -0.25) is 0 Å². The van der Waals surface area contributed by atoms with E-state index in [1.54, 1.807) is 5.57 Å². The fraction of sp³-hybridized carbons (Fsp3) is 0.0930. The molecule has 6 aromatic rings. The third kappa shape index (κ3) is 9.25. The Morgan fingerprint density at radius 3 is 0.759 bits per heavy atom. The van der Waals surface area contributed by atoms with E-state index in [9.17, 15) is 0 Å². The second-order valence-corrected chi connectivity index (χ2v) is 93.9. The van der Waals surface area contributed by atoms with E-state index in [4.69, 9.17) is 0 Å². The number of hydrogen-bond donors (Lipinski definition) is 0. The molecule has 1 aliphatic heterocycles. The van der Waals surface area contributed by atoms with Gasteiger partial charge in [-0.05, 0) is 0 Å². The Labute approximate surface area is 357 Å². The van der Waals surface area contributed by atoms with Crippen molar-refractivity contribution in [3.05, 3.63) is 191 Å². The van der Waals surface area contributed by atoms with Gasteiger partial charge in [-0.15, -0.1) is 24.8 Å². The fourth-order valence-electron chi connectivity index (χ4n) is 6.55. The molecule has 3 nitrogen and oxygen atoms in total. The molecule has 0 saturated carbocycles. The van der Waals surface area contributed by atoms with Crippen LogP contribution in [0.2, 0.25) is 0 Å². The normalized spacial score (nSPS) is 13.2. The summed E-state index contributed by atoms with van der Waals surface area (Å²) >= 11 is 1.28. The molecule has 0 aromatic heterocycles. The van der Waals surface area contributed by atoms with Crippen molar-refractivity contribution in [3.8, 4) is 0 Å². The van der Waals surface area contributed by atoms with Crippen molar-refractivity contribution in [3.63, 3.8) is 0 Å². The van der Waals surface area contributed by atoms with Crippen molar-refractivity contribution in [2.24, 2.45) is 0 Å². The van der Waals surface area contributed by atoms with Crippen molar-refractivity contribution in [2.45, 2.75) is 25.9 Å². The van der Waals surface area contributed by atoms with E-state index in [0.717, 1.165) is 0 Å². The fourth-order valence-corrected chi connectivity index (χ4v) is 87.0. The van der Waals surface area contributed by atoms with Crippen LogP contribution in [0.25, 0.3) is 0 Å². The van der Waals surface area contributed by atoms with Gasteiger partial charge in [-0.2, -0.15) is 0 Å². The van der Waals surface area contributed by atoms with Crippen molar-refractivity contribution in [2.75, 3.05) is 0 Å². The average molecular weight is 1280 g/mol. The quantitative estimate of drug-likeness (QED) is 0.107. The van der Waals surface area contributed by atoms with Gasteiger partial charge in [0.1, 0.15) is 5.14 Å². The number of benzene rings is 6. The Morgan fingerprint density at radius 2 is 0.630 bits per heavy atom. The van der Waals surface area contributed by atoms with Crippen molar-refractivity contribution in [1.82, 2.24) is 0 Å². The van der Waals surface area contributed by atoms with Crippen LogP contribution in [-0.4, -0.2) is 38.5 Å². The van der Waals surface area contributed by atoms with E-state index in [-0.39, 0.29) is 42.8 Å². The summed E-state index contributed by atoms with van der Waals surface area (Å²) in [5, 5.41) is 1.80. The smallest absolute Gasteiger partial charge is 0.161 e. The zero-order valence-corrected chi connectivity index (χ0v) is 43.9. The van der Waals surface area contributed by atoms with Crippen LogP contribution < -0.4 is 31.8 Å². The van der Waals surface area contributed by atoms with Gasteiger partial charge in [0.05, 0.1) is 0 Å². The Morgan fingerprint density at radius 1 is 0.426 bits per heavy atom. The first-order chi connectivity index (χ1) is 25.1. The van der Waals surface area contributed by atoms with E-state index < -0.39 is 38.7 Å². The summed E-state index contributed by atoms with van der Waals surface area (Å²) in [6.45, 7) is 7.13. The molecule has 54 heavy (non-hydrogen) atoms. The van der Waals surface area contributed by atoms with Crippen molar-refractivity contribution >= 4 is 111 Å². The number of hydrogen-bond acceptors (Lipinski definition) is 3. The van der Waals surface area contributed by atoms with Gasteiger partial charge in [0.2, 0.25) is 0 Å². The molecule has 11 heteroatoms. The Balaban J connectivity index is 0.000000520. The van der Waals surface area contributed by atoms with Crippen LogP contribution in [0, 0.1) is 0 Å². The average Bonchev–Trinajstić information content (AvgIpc) is 3.44. The second-order valence-electron chi connectivity index (χ2n) is 12.5. The van der Waals surface area contributed by atoms with Gasteiger partial charge in [-0.25, -0.2) is 0 Å². The maximum absolute atomic E-state index is 16.6. The number of halogens is 2. The molecule has 0 bridgehead atoms. The molecule has 0 N–H and O–H groups in total. The minimum absolute atomic E-state index is 0. The molecule has 275 valence electrons. The van der Waals surface area contributed by atoms with E-state index in [1.165, 1.54) is 0 Å². The topological polar surface area (TPSA) is 51.2 Å². The standard InChI is InChI=1S/C37H31O3P3.C6H9.2Bi.2ClH.Zr/c38-41(31-19-7-1-8-20-31,32-21-9-2-10-22-32)37(42(39,33-23-11-3-12-24-33)34-25-13-4-14-26-34)43(40,35-27-15-5-16-28-35)36-29-17-6-18-30-36;1-4-6(3)5-2;;;;;/h1-30,37H;1-3H3;;;2*1H;. The van der Waals surface area contributed by atoms with Gasteiger partial charge in [-0.1, -0.05) is 182 Å². The minimum Gasteiger partial charge on any atom is -0.312 e. The van der Waals surface area contributed by atoms with Crippen LogP contribution in [0.4, 0.5) is 0 Å². The molecule has 1 aliphatic rings. The SMILES string of the molecule is C[C]1=[Bi][Bi]([Zr])[C](C)=C1C.Cl.Cl.O=P(c1ccccc1)(c1ccccc1)C(P(=O)(c1ccccc1)c1ccccc1)P(=O)(c1ccccc1)c1ccccc1. The molecule has 6 aromatic carbocycles. The molecule has 0 unspecified atom stereocenters. The maximum atomic E-state index is 16.6. The van der Waals surface area contributed by atoms with Crippen molar-refractivity contribution in [1.29, 1.82) is 0 Å². The molecule has 7 rings (SSSR count). The summed E-state index contributed by atoms with van der Waals surface area (Å²) in [6, 6.07) is 55.2. The third-order valence-electron chi connectivity index (χ3n) is 9.47. The molecular formula is C43H42Bi2Cl2O3P3Zr. The van der Waals surface area contributed by atoms with Crippen LogP contribution >= 0.6 is 46.2 Å². The summed E-state index contributed by atoms with van der Waals surface area (Å²) in [5.41, 5.74) is 1.74. The predicted octanol–water partition coefficient (Wildman–Crippen LogP) is 8.96. The molecular weight excluding hydrogens is 1240 g/mol. The van der Waals surface area contributed by atoms with E-state index >= 15 is 13.7 Å². The largest absolute Gasteiger partial charge is 0.312 e. The Bertz CT molecular complexity index is 1970. The zero-order valence-electron chi connectivity index (χ0n) is 30.2. The first-order valence-electron chi connectivity index (χ1n) is 17.0. The molecule has 0 radical (unpaired) electrons. The summed E-state index contributed by atoms with van der Waals surface area (Å²) < 4.78 is 53.5. The van der Waals surface area contributed by atoms with E-state index in [1.807, 2.05) is 208 Å². The van der Waals surface area contributed by atoms with Crippen molar-refractivity contribution < 1.29 is 33.6 Å². The number of allylic oxidation sites excluding steroid dienone is 2. The first kappa shape index (κ1) is 45.6. The van der Waals surface area contributed by atoms with E-state index in [0.29, 0.717) is 31.8 Å². The molecule has 0 aliphatic carbocycles. The van der Waals surface area contributed by atoms with Crippen LogP contribution in [-0.2, 0) is 33.6 Å². The Kier molecular flexibility index (Phi) is 17.3. The van der Waals surface area contributed by atoms with Gasteiger partial charge in [0.15, 0.2) is 21.4 Å². The molecule has 0 amide bonds. The predicted molar refractivity (Wildman–Crippen MR) is 238 cm³/mol. The monoisotopic (exact) mass is 1280 g/mol. The molecule has 0 fully saturated rings. The second kappa shape index (κ2) is 20.5. The number of rotatable bonds is 9. The summed E-state index contributed by atoms with van der Waals surface area (Å²) in [4.78, 5) is 0. The minimum atomic E-state index is -3.97. The van der Waals surface area contributed by atoms with Crippen LogP contribution in [0.1, 0.15) is 20.8 Å². The van der Waals surface area contributed by atoms with Crippen LogP contribution in [0.3, 0.4) is 0 Å².